The largest absolute Gasteiger partial charge is 0.479 e. The maximum Gasteiger partial charge on any atom is 0.411 e. The van der Waals surface area contributed by atoms with Crippen LogP contribution < -0.4 is 10.6 Å². The second kappa shape index (κ2) is 9.03. The number of carboxylic acids is 1. The Labute approximate surface area is 194 Å². The first-order valence-corrected chi connectivity index (χ1v) is 10.9. The van der Waals surface area contributed by atoms with Crippen LogP contribution in [-0.4, -0.2) is 48.4 Å². The summed E-state index contributed by atoms with van der Waals surface area (Å²) in [6.45, 7) is 0.351. The van der Waals surface area contributed by atoms with Gasteiger partial charge in [0.25, 0.3) is 5.91 Å². The van der Waals surface area contributed by atoms with Gasteiger partial charge in [0.1, 0.15) is 6.61 Å². The Hall–Kier alpha value is -4.11. The summed E-state index contributed by atoms with van der Waals surface area (Å²) in [4.78, 5) is 36.4. The summed E-state index contributed by atoms with van der Waals surface area (Å²) in [7, 11) is 0. The Morgan fingerprint density at radius 3 is 2.35 bits per heavy atom. The number of amides is 2. The number of carboxylic acid groups (broad SMARTS) is 1. The number of hydrogen-bond acceptors (Lipinski definition) is 6. The highest BCUT2D eigenvalue weighted by molar-refractivity contribution is 6.00. The molecule has 34 heavy (non-hydrogen) atoms. The molecule has 0 radical (unpaired) electrons. The summed E-state index contributed by atoms with van der Waals surface area (Å²) in [6, 6.07) is 16.8. The molecule has 1 aliphatic heterocycles. The third-order valence-electron chi connectivity index (χ3n) is 6.10. The lowest BCUT2D eigenvalue weighted by atomic mass is 9.98. The molecule has 3 aromatic rings. The van der Waals surface area contributed by atoms with Crippen molar-refractivity contribution in [2.24, 2.45) is 0 Å². The molecule has 174 valence electrons. The van der Waals surface area contributed by atoms with Crippen LogP contribution in [0.3, 0.4) is 0 Å². The van der Waals surface area contributed by atoms with Crippen molar-refractivity contribution < 1.29 is 33.4 Å². The minimum Gasteiger partial charge on any atom is -0.479 e. The number of benzene rings is 2. The Balaban J connectivity index is 1.23. The smallest absolute Gasteiger partial charge is 0.411 e. The molecule has 2 aromatic carbocycles. The zero-order valence-corrected chi connectivity index (χ0v) is 18.0. The number of furan rings is 1. The summed E-state index contributed by atoms with van der Waals surface area (Å²) < 4.78 is 15.9. The molecular formula is C25H22N2O7. The van der Waals surface area contributed by atoms with Crippen LogP contribution in [0.25, 0.3) is 11.1 Å². The Morgan fingerprint density at radius 1 is 1.00 bits per heavy atom. The Bertz CT molecular complexity index is 1210. The van der Waals surface area contributed by atoms with E-state index in [4.69, 9.17) is 13.9 Å². The molecule has 2 unspecified atom stereocenters. The molecule has 1 fully saturated rings. The average Bonchev–Trinajstić information content (AvgIpc) is 3.55. The second-order valence-electron chi connectivity index (χ2n) is 8.11. The molecule has 1 saturated heterocycles. The van der Waals surface area contributed by atoms with Gasteiger partial charge in [0.05, 0.1) is 18.0 Å². The van der Waals surface area contributed by atoms with Crippen LogP contribution >= 0.6 is 0 Å². The molecular weight excluding hydrogens is 440 g/mol. The lowest BCUT2D eigenvalue weighted by molar-refractivity contribution is -0.148. The Kier molecular flexibility index (Phi) is 5.77. The van der Waals surface area contributed by atoms with E-state index in [1.165, 1.54) is 12.3 Å². The highest BCUT2D eigenvalue weighted by Crippen LogP contribution is 2.44. The highest BCUT2D eigenvalue weighted by Gasteiger charge is 2.36. The fourth-order valence-corrected chi connectivity index (χ4v) is 4.54. The van der Waals surface area contributed by atoms with Crippen LogP contribution in [0, 0.1) is 0 Å². The van der Waals surface area contributed by atoms with Crippen LogP contribution in [0.1, 0.15) is 34.0 Å². The summed E-state index contributed by atoms with van der Waals surface area (Å²) in [6.07, 6.45) is -0.241. The molecule has 3 N–H and O–H groups in total. The van der Waals surface area contributed by atoms with Gasteiger partial charge < -0.3 is 24.3 Å². The fraction of sp³-hybridized carbons (Fsp3) is 0.240. The van der Waals surface area contributed by atoms with E-state index in [1.807, 2.05) is 36.4 Å². The van der Waals surface area contributed by atoms with Crippen molar-refractivity contribution in [3.63, 3.8) is 0 Å². The van der Waals surface area contributed by atoms with Crippen LogP contribution in [0.15, 0.2) is 65.3 Å². The maximum atomic E-state index is 12.6. The summed E-state index contributed by atoms with van der Waals surface area (Å²) in [5.41, 5.74) is 4.55. The standard InChI is InChI=1S/C25H22N2O7/c28-23(26-20-10-12-33-22(20)24(29)30)21-19(9-11-32-21)27-25(31)34-13-18-16-7-3-1-5-14(16)15-6-2-4-8-17(15)18/h1-9,11,18,20,22H,10,12-13H2,(H,26,28)(H,27,31)(H,29,30). The van der Waals surface area contributed by atoms with E-state index < -0.39 is 30.1 Å². The molecule has 2 aliphatic rings. The number of carbonyl (C=O) groups excluding carboxylic acids is 2. The highest BCUT2D eigenvalue weighted by atomic mass is 16.5. The van der Waals surface area contributed by atoms with Gasteiger partial charge in [0, 0.05) is 18.6 Å². The van der Waals surface area contributed by atoms with Gasteiger partial charge in [-0.3, -0.25) is 10.1 Å². The molecule has 5 rings (SSSR count). The molecule has 0 saturated carbocycles. The van der Waals surface area contributed by atoms with Gasteiger partial charge in [-0.25, -0.2) is 9.59 Å². The topological polar surface area (TPSA) is 127 Å². The fourth-order valence-electron chi connectivity index (χ4n) is 4.54. The van der Waals surface area contributed by atoms with E-state index in [-0.39, 0.29) is 30.6 Å². The van der Waals surface area contributed by atoms with Gasteiger partial charge in [-0.05, 0) is 28.7 Å². The monoisotopic (exact) mass is 462 g/mol. The Morgan fingerprint density at radius 2 is 1.68 bits per heavy atom. The van der Waals surface area contributed by atoms with E-state index in [1.54, 1.807) is 0 Å². The SMILES string of the molecule is O=C(Nc1ccoc1C(=O)NC1CCOC1C(=O)O)OCC1c2ccccc2-c2ccccc21. The van der Waals surface area contributed by atoms with E-state index in [2.05, 4.69) is 22.8 Å². The lowest BCUT2D eigenvalue weighted by Gasteiger charge is -2.16. The number of ether oxygens (including phenoxy) is 2. The van der Waals surface area contributed by atoms with Crippen molar-refractivity contribution in [3.05, 3.63) is 77.7 Å². The average molecular weight is 462 g/mol. The van der Waals surface area contributed by atoms with Gasteiger partial charge >= 0.3 is 12.1 Å². The molecule has 1 aliphatic carbocycles. The van der Waals surface area contributed by atoms with E-state index >= 15 is 0 Å². The van der Waals surface area contributed by atoms with Gasteiger partial charge in [-0.15, -0.1) is 0 Å². The van der Waals surface area contributed by atoms with Gasteiger partial charge in [-0.1, -0.05) is 48.5 Å². The van der Waals surface area contributed by atoms with Crippen molar-refractivity contribution in [2.45, 2.75) is 24.5 Å². The minimum absolute atomic E-state index is 0.0967. The number of aliphatic carboxylic acids is 1. The van der Waals surface area contributed by atoms with Crippen LogP contribution in [0.4, 0.5) is 10.5 Å². The molecule has 9 heteroatoms. The zero-order chi connectivity index (χ0) is 23.7. The van der Waals surface area contributed by atoms with Crippen molar-refractivity contribution >= 4 is 23.7 Å². The quantitative estimate of drug-likeness (QED) is 0.511. The number of hydrogen-bond donors (Lipinski definition) is 3. The first kappa shape index (κ1) is 21.7. The summed E-state index contributed by atoms with van der Waals surface area (Å²) >= 11 is 0. The number of fused-ring (bicyclic) bond motifs is 3. The van der Waals surface area contributed by atoms with Crippen molar-refractivity contribution in [3.8, 4) is 11.1 Å². The summed E-state index contributed by atoms with van der Waals surface area (Å²) in [5.74, 6) is -2.05. The van der Waals surface area contributed by atoms with Gasteiger partial charge in [-0.2, -0.15) is 0 Å². The first-order chi connectivity index (χ1) is 16.5. The van der Waals surface area contributed by atoms with Crippen LogP contribution in [-0.2, 0) is 14.3 Å². The molecule has 2 heterocycles. The van der Waals surface area contributed by atoms with Crippen molar-refractivity contribution in [2.75, 3.05) is 18.5 Å². The maximum absolute atomic E-state index is 12.6. The normalized spacial score (nSPS) is 18.7. The van der Waals surface area contributed by atoms with E-state index in [0.29, 0.717) is 6.42 Å². The number of carbonyl (C=O) groups is 3. The van der Waals surface area contributed by atoms with Crippen molar-refractivity contribution in [1.29, 1.82) is 0 Å². The van der Waals surface area contributed by atoms with Gasteiger partial charge in [0.2, 0.25) is 5.76 Å². The second-order valence-corrected chi connectivity index (χ2v) is 8.11. The third kappa shape index (κ3) is 4.01. The molecule has 2 amide bonds. The predicted octanol–water partition coefficient (Wildman–Crippen LogP) is 3.61. The lowest BCUT2D eigenvalue weighted by Crippen LogP contribution is -2.44. The minimum atomic E-state index is -1.15. The first-order valence-electron chi connectivity index (χ1n) is 10.9. The number of anilines is 1. The zero-order valence-electron chi connectivity index (χ0n) is 18.0. The predicted molar refractivity (Wildman–Crippen MR) is 121 cm³/mol. The van der Waals surface area contributed by atoms with Crippen LogP contribution in [0.5, 0.6) is 0 Å². The van der Waals surface area contributed by atoms with E-state index in [9.17, 15) is 19.5 Å². The van der Waals surface area contributed by atoms with Gasteiger partial charge in [0.15, 0.2) is 6.10 Å². The van der Waals surface area contributed by atoms with Crippen molar-refractivity contribution in [1.82, 2.24) is 5.32 Å². The molecule has 9 nitrogen and oxygen atoms in total. The molecule has 1 aromatic heterocycles. The number of rotatable bonds is 6. The molecule has 0 bridgehead atoms. The molecule has 2 atom stereocenters. The van der Waals surface area contributed by atoms with E-state index in [0.717, 1.165) is 22.3 Å². The van der Waals surface area contributed by atoms with Crippen LogP contribution in [0.2, 0.25) is 0 Å². The summed E-state index contributed by atoms with van der Waals surface area (Å²) in [5, 5.41) is 14.3. The third-order valence-corrected chi connectivity index (χ3v) is 6.10. The number of nitrogens with one attached hydrogen (secondary N) is 2. The molecule has 0 spiro atoms.